The van der Waals surface area contributed by atoms with Crippen molar-refractivity contribution in [2.75, 3.05) is 6.54 Å². The van der Waals surface area contributed by atoms with Gasteiger partial charge in [0.15, 0.2) is 0 Å². The Bertz CT molecular complexity index is 586. The average molecular weight is 489 g/mol. The molecule has 3 saturated carbocycles. The van der Waals surface area contributed by atoms with E-state index in [1.165, 1.54) is 32.1 Å². The molecule has 0 aromatic heterocycles. The van der Waals surface area contributed by atoms with Crippen LogP contribution in [0.2, 0.25) is 0 Å². The Labute approximate surface area is 190 Å². The fourth-order valence-electron chi connectivity index (χ4n) is 5.42. The van der Waals surface area contributed by atoms with Crippen LogP contribution in [-0.2, 0) is 4.79 Å². The highest BCUT2D eigenvalue weighted by atomic mass is 32.2. The minimum Gasteiger partial charge on any atom is -0.352 e. The van der Waals surface area contributed by atoms with Gasteiger partial charge in [-0.25, -0.2) is 0 Å². The van der Waals surface area contributed by atoms with Gasteiger partial charge in [-0.05, 0) is 44.9 Å². The molecule has 32 heavy (non-hydrogen) atoms. The molecule has 0 heterocycles. The van der Waals surface area contributed by atoms with Gasteiger partial charge in [0, 0.05) is 22.6 Å². The van der Waals surface area contributed by atoms with Crippen molar-refractivity contribution in [2.24, 2.45) is 11.8 Å². The molecule has 3 fully saturated rings. The molecule has 0 radical (unpaired) electrons. The maximum Gasteiger partial charge on any atom is 0.391 e. The number of halogens is 6. The van der Waals surface area contributed by atoms with E-state index in [-0.39, 0.29) is 12.6 Å². The third-order valence-electron chi connectivity index (χ3n) is 7.14. The largest absolute Gasteiger partial charge is 0.391 e. The smallest absolute Gasteiger partial charge is 0.352 e. The number of amides is 1. The van der Waals surface area contributed by atoms with E-state index in [4.69, 9.17) is 0 Å². The van der Waals surface area contributed by atoms with Crippen LogP contribution in [-0.4, -0.2) is 47.4 Å². The number of hydrogen-bond donors (Lipinski definition) is 2. The van der Waals surface area contributed by atoms with Gasteiger partial charge in [-0.15, -0.1) is 0 Å². The molecule has 0 spiro atoms. The van der Waals surface area contributed by atoms with Gasteiger partial charge in [-0.3, -0.25) is 4.79 Å². The maximum atomic E-state index is 13.1. The van der Waals surface area contributed by atoms with Crippen LogP contribution < -0.4 is 10.6 Å². The second-order valence-corrected chi connectivity index (χ2v) is 11.2. The van der Waals surface area contributed by atoms with Crippen molar-refractivity contribution in [1.82, 2.24) is 10.6 Å². The van der Waals surface area contributed by atoms with Crippen LogP contribution >= 0.6 is 11.8 Å². The third kappa shape index (κ3) is 7.71. The summed E-state index contributed by atoms with van der Waals surface area (Å²) in [6.07, 6.45) is -0.892. The SMILES string of the molecule is O=C(CNC1CCCCC1SC1CCCCC1)NC1CC(C(F)(F)F)CC(C(F)(F)F)C1. The van der Waals surface area contributed by atoms with Crippen LogP contribution in [0.3, 0.4) is 0 Å². The molecular formula is C22H34F6N2OS. The lowest BCUT2D eigenvalue weighted by Gasteiger charge is -2.37. The van der Waals surface area contributed by atoms with E-state index in [1.807, 2.05) is 11.8 Å². The summed E-state index contributed by atoms with van der Waals surface area (Å²) in [5.74, 6) is -4.61. The van der Waals surface area contributed by atoms with E-state index >= 15 is 0 Å². The Kier molecular flexibility index (Phi) is 9.08. The summed E-state index contributed by atoms with van der Waals surface area (Å²) in [5, 5.41) is 6.75. The molecule has 3 aliphatic carbocycles. The Balaban J connectivity index is 1.50. The molecule has 0 saturated heterocycles. The van der Waals surface area contributed by atoms with Gasteiger partial charge in [0.1, 0.15) is 0 Å². The van der Waals surface area contributed by atoms with Gasteiger partial charge in [-0.1, -0.05) is 32.1 Å². The van der Waals surface area contributed by atoms with Crippen LogP contribution in [0.1, 0.15) is 77.0 Å². The van der Waals surface area contributed by atoms with E-state index in [2.05, 4.69) is 10.6 Å². The summed E-state index contributed by atoms with van der Waals surface area (Å²) in [5.41, 5.74) is 0. The van der Waals surface area contributed by atoms with Gasteiger partial charge >= 0.3 is 12.4 Å². The van der Waals surface area contributed by atoms with Gasteiger partial charge in [0.25, 0.3) is 0 Å². The summed E-state index contributed by atoms with van der Waals surface area (Å²) < 4.78 is 78.9. The van der Waals surface area contributed by atoms with Crippen LogP contribution in [0.5, 0.6) is 0 Å². The molecule has 3 aliphatic rings. The Morgan fingerprint density at radius 3 is 1.94 bits per heavy atom. The Hall–Kier alpha value is -0.640. The zero-order chi connectivity index (χ0) is 23.4. The number of nitrogens with one attached hydrogen (secondary N) is 2. The van der Waals surface area contributed by atoms with Crippen molar-refractivity contribution in [3.63, 3.8) is 0 Å². The van der Waals surface area contributed by atoms with Crippen molar-refractivity contribution in [3.8, 4) is 0 Å². The molecule has 0 aliphatic heterocycles. The third-order valence-corrected chi connectivity index (χ3v) is 8.91. The summed E-state index contributed by atoms with van der Waals surface area (Å²) in [6, 6.07) is -0.964. The molecule has 4 unspecified atom stereocenters. The lowest BCUT2D eigenvalue weighted by atomic mass is 9.77. The van der Waals surface area contributed by atoms with Crippen LogP contribution in [0.4, 0.5) is 26.3 Å². The Morgan fingerprint density at radius 1 is 0.781 bits per heavy atom. The van der Waals surface area contributed by atoms with E-state index < -0.39 is 55.4 Å². The van der Waals surface area contributed by atoms with Crippen molar-refractivity contribution >= 4 is 17.7 Å². The second-order valence-electron chi connectivity index (χ2n) is 9.66. The second kappa shape index (κ2) is 11.2. The lowest BCUT2D eigenvalue weighted by Crippen LogP contribution is -2.51. The monoisotopic (exact) mass is 488 g/mol. The molecule has 0 bridgehead atoms. The van der Waals surface area contributed by atoms with Crippen molar-refractivity contribution in [2.45, 2.75) is 112 Å². The van der Waals surface area contributed by atoms with Crippen molar-refractivity contribution < 1.29 is 31.1 Å². The minimum atomic E-state index is -4.70. The molecule has 1 amide bonds. The normalized spacial score (nSPS) is 33.1. The molecule has 2 N–H and O–H groups in total. The molecule has 3 nitrogen and oxygen atoms in total. The van der Waals surface area contributed by atoms with Crippen LogP contribution in [0.15, 0.2) is 0 Å². The van der Waals surface area contributed by atoms with E-state index in [0.717, 1.165) is 25.7 Å². The first-order valence-electron chi connectivity index (χ1n) is 11.8. The maximum absolute atomic E-state index is 13.1. The first-order valence-corrected chi connectivity index (χ1v) is 12.8. The van der Waals surface area contributed by atoms with Crippen LogP contribution in [0.25, 0.3) is 0 Å². The molecule has 4 atom stereocenters. The number of carbonyl (C=O) groups is 1. The fraction of sp³-hybridized carbons (Fsp3) is 0.955. The van der Waals surface area contributed by atoms with Crippen molar-refractivity contribution in [1.29, 1.82) is 0 Å². The molecule has 0 aromatic carbocycles. The van der Waals surface area contributed by atoms with Gasteiger partial charge in [0.05, 0.1) is 18.4 Å². The molecule has 3 rings (SSSR count). The van der Waals surface area contributed by atoms with Gasteiger partial charge in [-0.2, -0.15) is 38.1 Å². The highest BCUT2D eigenvalue weighted by Crippen LogP contribution is 2.45. The first kappa shape index (κ1) is 26.0. The van der Waals surface area contributed by atoms with E-state index in [1.54, 1.807) is 0 Å². The van der Waals surface area contributed by atoms with E-state index in [9.17, 15) is 31.1 Å². The molecular weight excluding hydrogens is 454 g/mol. The standard InChI is InChI=1S/C22H34F6N2OS/c23-21(24,25)14-10-15(22(26,27)28)12-16(11-14)30-20(31)13-29-18-8-4-5-9-19(18)32-17-6-2-1-3-7-17/h14-19,29H,1-13H2,(H,30,31). The number of alkyl halides is 6. The minimum absolute atomic E-state index is 0.0732. The summed E-state index contributed by atoms with van der Waals surface area (Å²) in [4.78, 5) is 12.4. The zero-order valence-corrected chi connectivity index (χ0v) is 19.1. The summed E-state index contributed by atoms with van der Waals surface area (Å²) >= 11 is 2.00. The molecule has 186 valence electrons. The summed E-state index contributed by atoms with van der Waals surface area (Å²) in [6.45, 7) is -0.0732. The fourth-order valence-corrected chi connectivity index (χ4v) is 7.24. The number of carbonyl (C=O) groups excluding carboxylic acids is 1. The number of thioether (sulfide) groups is 1. The van der Waals surface area contributed by atoms with E-state index in [0.29, 0.717) is 10.5 Å². The van der Waals surface area contributed by atoms with Gasteiger partial charge < -0.3 is 10.6 Å². The predicted molar refractivity (Wildman–Crippen MR) is 113 cm³/mol. The average Bonchev–Trinajstić information content (AvgIpc) is 2.72. The predicted octanol–water partition coefficient (Wildman–Crippen LogP) is 5.98. The topological polar surface area (TPSA) is 41.1 Å². The first-order chi connectivity index (χ1) is 15.0. The summed E-state index contributed by atoms with van der Waals surface area (Å²) in [7, 11) is 0. The Morgan fingerprint density at radius 2 is 1.34 bits per heavy atom. The molecule has 0 aromatic rings. The molecule has 10 heteroatoms. The highest BCUT2D eigenvalue weighted by molar-refractivity contribution is 8.00. The van der Waals surface area contributed by atoms with Crippen molar-refractivity contribution in [3.05, 3.63) is 0 Å². The zero-order valence-electron chi connectivity index (χ0n) is 18.2. The highest BCUT2D eigenvalue weighted by Gasteiger charge is 2.52. The van der Waals surface area contributed by atoms with Gasteiger partial charge in [0.2, 0.25) is 5.91 Å². The number of rotatable bonds is 6. The van der Waals surface area contributed by atoms with Crippen LogP contribution in [0, 0.1) is 11.8 Å². The lowest BCUT2D eigenvalue weighted by molar-refractivity contribution is -0.225. The number of hydrogen-bond acceptors (Lipinski definition) is 3. The quantitative estimate of drug-likeness (QED) is 0.452.